The lowest BCUT2D eigenvalue weighted by molar-refractivity contribution is -0.872. The quantitative estimate of drug-likeness (QED) is 0.304. The fourth-order valence-electron chi connectivity index (χ4n) is 3.15. The second-order valence-electron chi connectivity index (χ2n) is 8.58. The van der Waals surface area contributed by atoms with Gasteiger partial charge in [0.05, 0.1) is 21.1 Å². The first kappa shape index (κ1) is 24.6. The Morgan fingerprint density at radius 3 is 1.52 bits per heavy atom. The van der Waals surface area contributed by atoms with Crippen molar-refractivity contribution in [2.24, 2.45) is 0 Å². The lowest BCUT2D eigenvalue weighted by Gasteiger charge is -2.26. The van der Waals surface area contributed by atoms with Gasteiger partial charge < -0.3 is 14.7 Å². The first-order valence-corrected chi connectivity index (χ1v) is 10.5. The van der Waals surface area contributed by atoms with Gasteiger partial charge in [-0.3, -0.25) is 4.79 Å². The number of aliphatic hydroxyl groups excluding tert-OH is 2. The third kappa shape index (κ3) is 15.5. The number of aliphatic hydroxyl groups is 2. The predicted molar refractivity (Wildman–Crippen MR) is 106 cm³/mol. The van der Waals surface area contributed by atoms with Gasteiger partial charge in [-0.2, -0.15) is 0 Å². The summed E-state index contributed by atoms with van der Waals surface area (Å²) in [6.07, 6.45) is 13.6. The van der Waals surface area contributed by atoms with Crippen LogP contribution in [0.1, 0.15) is 90.4 Å². The molecule has 0 aromatic rings. The van der Waals surface area contributed by atoms with Gasteiger partial charge in [0, 0.05) is 0 Å². The molecule has 0 radical (unpaired) electrons. The number of likely N-dealkylation sites (N-methyl/N-ethyl adjacent to an activating group) is 1. The molecule has 0 bridgehead atoms. The number of hydrogen-bond acceptors (Lipinski definition) is 3. The van der Waals surface area contributed by atoms with Crippen LogP contribution in [0, 0.1) is 0 Å². The Balaban J connectivity index is 3.51. The van der Waals surface area contributed by atoms with Crippen molar-refractivity contribution in [2.75, 3.05) is 27.7 Å². The van der Waals surface area contributed by atoms with Crippen LogP contribution in [0.2, 0.25) is 0 Å². The molecule has 4 nitrogen and oxygen atoms in total. The Labute approximate surface area is 156 Å². The summed E-state index contributed by atoms with van der Waals surface area (Å²) in [4.78, 5) is 11.9. The molecule has 0 rings (SSSR count). The van der Waals surface area contributed by atoms with Gasteiger partial charge >= 0.3 is 0 Å². The number of nitrogens with zero attached hydrogens (tertiary/aromatic N) is 1. The van der Waals surface area contributed by atoms with E-state index < -0.39 is 18.0 Å². The van der Waals surface area contributed by atoms with E-state index in [0.717, 1.165) is 12.8 Å². The van der Waals surface area contributed by atoms with Crippen molar-refractivity contribution in [3.63, 3.8) is 0 Å². The number of unbranched alkanes of at least 4 members (excludes halogenated alkanes) is 11. The first-order chi connectivity index (χ1) is 11.8. The molecule has 150 valence electrons. The summed E-state index contributed by atoms with van der Waals surface area (Å²) < 4.78 is 0.512. The van der Waals surface area contributed by atoms with Gasteiger partial charge in [-0.25, -0.2) is 0 Å². The second kappa shape index (κ2) is 14.7. The summed E-state index contributed by atoms with van der Waals surface area (Å²) >= 11 is 0. The van der Waals surface area contributed by atoms with Crippen LogP contribution in [0.25, 0.3) is 0 Å². The summed E-state index contributed by atoms with van der Waals surface area (Å²) in [5, 5.41) is 19.8. The van der Waals surface area contributed by atoms with Gasteiger partial charge in [-0.05, 0) is 6.42 Å². The number of carbonyl (C=O) groups excluding carboxylic acids is 1. The molecular formula is C21H44NO3+. The Kier molecular flexibility index (Phi) is 14.4. The third-order valence-corrected chi connectivity index (χ3v) is 4.71. The minimum Gasteiger partial charge on any atom is -0.385 e. The minimum atomic E-state index is -1.06. The van der Waals surface area contributed by atoms with Crippen molar-refractivity contribution >= 4 is 5.78 Å². The zero-order valence-corrected chi connectivity index (χ0v) is 17.3. The minimum absolute atomic E-state index is 0.342. The van der Waals surface area contributed by atoms with Crippen molar-refractivity contribution in [1.82, 2.24) is 0 Å². The first-order valence-electron chi connectivity index (χ1n) is 10.5. The maximum atomic E-state index is 11.9. The highest BCUT2D eigenvalue weighted by Crippen LogP contribution is 2.13. The molecular weight excluding hydrogens is 314 g/mol. The van der Waals surface area contributed by atoms with E-state index in [9.17, 15) is 15.0 Å². The van der Waals surface area contributed by atoms with E-state index in [4.69, 9.17) is 0 Å². The summed E-state index contributed by atoms with van der Waals surface area (Å²) in [6, 6.07) is 0. The zero-order valence-electron chi connectivity index (χ0n) is 17.3. The van der Waals surface area contributed by atoms with Gasteiger partial charge in [0.15, 0.2) is 11.9 Å². The normalized spacial score (nSPS) is 14.5. The van der Waals surface area contributed by atoms with Gasteiger partial charge in [-0.1, -0.05) is 84.0 Å². The third-order valence-electron chi connectivity index (χ3n) is 4.71. The van der Waals surface area contributed by atoms with Gasteiger partial charge in [0.2, 0.25) is 0 Å². The monoisotopic (exact) mass is 358 g/mol. The molecule has 4 heteroatoms. The average Bonchev–Trinajstić information content (AvgIpc) is 2.53. The van der Waals surface area contributed by atoms with Gasteiger partial charge in [0.25, 0.3) is 0 Å². The zero-order chi connectivity index (χ0) is 19.1. The van der Waals surface area contributed by atoms with Crippen LogP contribution in [0.15, 0.2) is 0 Å². The number of hydrogen-bond donors (Lipinski definition) is 2. The largest absolute Gasteiger partial charge is 0.385 e. The molecule has 0 aliphatic carbocycles. The van der Waals surface area contributed by atoms with E-state index in [1.807, 2.05) is 21.1 Å². The molecule has 25 heavy (non-hydrogen) atoms. The number of carbonyl (C=O) groups is 1. The molecule has 2 atom stereocenters. The molecule has 0 saturated carbocycles. The number of rotatable bonds is 17. The smallest absolute Gasteiger partial charge is 0.195 e. The molecule has 0 fully saturated rings. The average molecular weight is 359 g/mol. The maximum Gasteiger partial charge on any atom is 0.195 e. The molecule has 2 unspecified atom stereocenters. The summed E-state index contributed by atoms with van der Waals surface area (Å²) in [5.74, 6) is -0.420. The highest BCUT2D eigenvalue weighted by Gasteiger charge is 2.27. The van der Waals surface area contributed by atoms with Crippen molar-refractivity contribution in [2.45, 2.75) is 103 Å². The molecule has 0 heterocycles. The van der Waals surface area contributed by atoms with Crippen molar-refractivity contribution in [1.29, 1.82) is 0 Å². The van der Waals surface area contributed by atoms with Gasteiger partial charge in [-0.15, -0.1) is 0 Å². The number of Topliss-reactive ketones (excluding diaryl/α,β-unsaturated/α-hetero) is 1. The molecule has 0 aliphatic rings. The molecule has 0 saturated heterocycles. The van der Waals surface area contributed by atoms with E-state index in [1.54, 1.807) is 0 Å². The van der Waals surface area contributed by atoms with Gasteiger partial charge in [0.1, 0.15) is 12.6 Å². The van der Waals surface area contributed by atoms with E-state index in [-0.39, 0.29) is 0 Å². The highest BCUT2D eigenvalue weighted by molar-refractivity contribution is 5.86. The maximum absolute atomic E-state index is 11.9. The predicted octanol–water partition coefficient (Wildman–Crippen LogP) is 4.07. The van der Waals surface area contributed by atoms with E-state index >= 15 is 0 Å². The van der Waals surface area contributed by atoms with Crippen LogP contribution in [0.4, 0.5) is 0 Å². The number of quaternary nitrogens is 1. The standard InChI is InChI=1S/C21H44NO3/c1-5-6-7-8-9-10-11-12-13-14-15-16-17-19(23)21(25)20(24)18-22(2,3)4/h19-20,23-24H,5-18H2,1-4H3/q+1. The fourth-order valence-corrected chi connectivity index (χ4v) is 3.15. The molecule has 0 amide bonds. The Bertz CT molecular complexity index is 326. The molecule has 2 N–H and O–H groups in total. The van der Waals surface area contributed by atoms with Crippen molar-refractivity contribution in [3.05, 3.63) is 0 Å². The summed E-state index contributed by atoms with van der Waals surface area (Å²) in [6.45, 7) is 2.59. The van der Waals surface area contributed by atoms with Crippen LogP contribution < -0.4 is 0 Å². The molecule has 0 aliphatic heterocycles. The fraction of sp³-hybridized carbons (Fsp3) is 0.952. The second-order valence-corrected chi connectivity index (χ2v) is 8.58. The van der Waals surface area contributed by atoms with E-state index in [1.165, 1.54) is 64.2 Å². The summed E-state index contributed by atoms with van der Waals surface area (Å²) in [7, 11) is 5.77. The van der Waals surface area contributed by atoms with Crippen LogP contribution >= 0.6 is 0 Å². The lowest BCUT2D eigenvalue weighted by atomic mass is 10.0. The van der Waals surface area contributed by atoms with Crippen LogP contribution in [-0.4, -0.2) is 60.4 Å². The Morgan fingerprint density at radius 2 is 1.12 bits per heavy atom. The SMILES string of the molecule is CCCCCCCCCCCCCCC(O)C(=O)C(O)C[N+](C)(C)C. The van der Waals surface area contributed by atoms with Crippen LogP contribution in [0.5, 0.6) is 0 Å². The Hall–Kier alpha value is -0.450. The highest BCUT2D eigenvalue weighted by atomic mass is 16.3. The molecule has 0 aromatic carbocycles. The van der Waals surface area contributed by atoms with Crippen molar-refractivity contribution in [3.8, 4) is 0 Å². The number of ketones is 1. The van der Waals surface area contributed by atoms with E-state index in [2.05, 4.69) is 6.92 Å². The molecule has 0 aromatic heterocycles. The molecule has 0 spiro atoms. The Morgan fingerprint density at radius 1 is 0.720 bits per heavy atom. The van der Waals surface area contributed by atoms with Crippen molar-refractivity contribution < 1.29 is 19.5 Å². The van der Waals surface area contributed by atoms with Crippen LogP contribution in [-0.2, 0) is 4.79 Å². The summed E-state index contributed by atoms with van der Waals surface area (Å²) in [5.41, 5.74) is 0. The topological polar surface area (TPSA) is 57.5 Å². The lowest BCUT2D eigenvalue weighted by Crippen LogP contribution is -2.47. The van der Waals surface area contributed by atoms with E-state index in [0.29, 0.717) is 17.4 Å². The van der Waals surface area contributed by atoms with Crippen LogP contribution in [0.3, 0.4) is 0 Å².